The quantitative estimate of drug-likeness (QED) is 0.729. The number of amides is 2. The Bertz CT molecular complexity index is 868. The lowest BCUT2D eigenvalue weighted by Gasteiger charge is -2.15. The van der Waals surface area contributed by atoms with Crippen LogP contribution in [-0.2, 0) is 9.63 Å². The van der Waals surface area contributed by atoms with E-state index in [-0.39, 0.29) is 30.1 Å². The highest BCUT2D eigenvalue weighted by molar-refractivity contribution is 6.20. The highest BCUT2D eigenvalue weighted by Gasteiger charge is 2.38. The van der Waals surface area contributed by atoms with Crippen LogP contribution in [0.4, 0.5) is 0 Å². The second-order valence-electron chi connectivity index (χ2n) is 6.71. The molecule has 0 fully saturated rings. The zero-order valence-electron chi connectivity index (χ0n) is 15.5. The molecule has 1 aliphatic heterocycles. The molecular formula is C21H21NO5. The molecule has 3 rings (SSSR count). The van der Waals surface area contributed by atoms with Crippen molar-refractivity contribution in [2.45, 2.75) is 33.1 Å². The Morgan fingerprint density at radius 2 is 1.67 bits per heavy atom. The Morgan fingerprint density at radius 3 is 2.26 bits per heavy atom. The fourth-order valence-electron chi connectivity index (χ4n) is 2.89. The van der Waals surface area contributed by atoms with Crippen LogP contribution < -0.4 is 4.74 Å². The topological polar surface area (TPSA) is 72.9 Å². The van der Waals surface area contributed by atoms with Gasteiger partial charge in [0.05, 0.1) is 24.2 Å². The van der Waals surface area contributed by atoms with Crippen LogP contribution in [0.25, 0.3) is 0 Å². The zero-order chi connectivity index (χ0) is 19.6. The minimum absolute atomic E-state index is 0.0844. The number of hydroxylamine groups is 2. The maximum Gasteiger partial charge on any atom is 0.336 e. The predicted octanol–water partition coefficient (Wildman–Crippen LogP) is 3.64. The van der Waals surface area contributed by atoms with Gasteiger partial charge in [0.2, 0.25) is 0 Å². The van der Waals surface area contributed by atoms with Crippen molar-refractivity contribution in [3.63, 3.8) is 0 Å². The summed E-state index contributed by atoms with van der Waals surface area (Å²) < 4.78 is 5.74. The number of rotatable bonds is 6. The molecule has 2 aromatic rings. The standard InChI is InChI=1S/C21H21NO5/c1-13(2)15-9-8-14(3)12-18(15)26-11-10-19(23)27-22-20(24)16-6-4-5-7-17(16)21(22)25/h4-9,12-13H,10-11H2,1-3H3. The SMILES string of the molecule is Cc1ccc(C(C)C)c(OCCC(=O)ON2C(=O)c3ccccc3C2=O)c1. The van der Waals surface area contributed by atoms with Crippen LogP contribution in [0.15, 0.2) is 42.5 Å². The third kappa shape index (κ3) is 3.84. The summed E-state index contributed by atoms with van der Waals surface area (Å²) in [6, 6.07) is 12.3. The summed E-state index contributed by atoms with van der Waals surface area (Å²) in [4.78, 5) is 41.4. The van der Waals surface area contributed by atoms with E-state index in [0.717, 1.165) is 16.9 Å². The molecule has 0 saturated carbocycles. The van der Waals surface area contributed by atoms with Crippen molar-refractivity contribution in [2.75, 3.05) is 6.61 Å². The van der Waals surface area contributed by atoms with Crippen LogP contribution in [-0.4, -0.2) is 29.5 Å². The van der Waals surface area contributed by atoms with Gasteiger partial charge in [-0.25, -0.2) is 4.79 Å². The molecule has 0 spiro atoms. The third-order valence-corrected chi connectivity index (χ3v) is 4.30. The van der Waals surface area contributed by atoms with Crippen molar-refractivity contribution in [3.8, 4) is 5.75 Å². The van der Waals surface area contributed by atoms with E-state index in [1.54, 1.807) is 12.1 Å². The number of aryl methyl sites for hydroxylation is 1. The molecule has 0 unspecified atom stereocenters. The van der Waals surface area contributed by atoms with E-state index >= 15 is 0 Å². The maximum absolute atomic E-state index is 12.2. The van der Waals surface area contributed by atoms with E-state index < -0.39 is 17.8 Å². The summed E-state index contributed by atoms with van der Waals surface area (Å²) in [5.41, 5.74) is 2.57. The third-order valence-electron chi connectivity index (χ3n) is 4.30. The van der Waals surface area contributed by atoms with E-state index in [1.807, 2.05) is 25.1 Å². The molecule has 0 N–H and O–H groups in total. The lowest BCUT2D eigenvalue weighted by atomic mass is 10.0. The van der Waals surface area contributed by atoms with Crippen LogP contribution in [0, 0.1) is 6.92 Å². The molecule has 2 amide bonds. The molecule has 6 nitrogen and oxygen atoms in total. The summed E-state index contributed by atoms with van der Waals surface area (Å²) >= 11 is 0. The normalized spacial score (nSPS) is 13.1. The highest BCUT2D eigenvalue weighted by atomic mass is 16.7. The highest BCUT2D eigenvalue weighted by Crippen LogP contribution is 2.28. The van der Waals surface area contributed by atoms with E-state index in [1.165, 1.54) is 12.1 Å². The molecule has 0 aliphatic carbocycles. The Labute approximate surface area is 157 Å². The number of nitrogens with zero attached hydrogens (tertiary/aromatic N) is 1. The van der Waals surface area contributed by atoms with Gasteiger partial charge < -0.3 is 9.57 Å². The van der Waals surface area contributed by atoms with Crippen LogP contribution in [0.2, 0.25) is 0 Å². The fourth-order valence-corrected chi connectivity index (χ4v) is 2.89. The average molecular weight is 367 g/mol. The number of benzene rings is 2. The molecule has 0 aromatic heterocycles. The van der Waals surface area contributed by atoms with E-state index in [4.69, 9.17) is 9.57 Å². The minimum atomic E-state index is -0.705. The van der Waals surface area contributed by atoms with Crippen molar-refractivity contribution in [1.29, 1.82) is 0 Å². The van der Waals surface area contributed by atoms with Gasteiger partial charge in [-0.3, -0.25) is 9.59 Å². The van der Waals surface area contributed by atoms with E-state index in [0.29, 0.717) is 5.06 Å². The number of carbonyl (C=O) groups excluding carboxylic acids is 3. The van der Waals surface area contributed by atoms with Crippen LogP contribution >= 0.6 is 0 Å². The molecule has 0 bridgehead atoms. The first-order valence-electron chi connectivity index (χ1n) is 8.80. The summed E-state index contributed by atoms with van der Waals surface area (Å²) in [7, 11) is 0. The Morgan fingerprint density at radius 1 is 1.04 bits per heavy atom. The minimum Gasteiger partial charge on any atom is -0.493 e. The van der Waals surface area contributed by atoms with Crippen molar-refractivity contribution in [3.05, 3.63) is 64.7 Å². The Hall–Kier alpha value is -3.15. The predicted molar refractivity (Wildman–Crippen MR) is 98.4 cm³/mol. The number of carbonyl (C=O) groups is 3. The van der Waals surface area contributed by atoms with Gasteiger partial charge in [0, 0.05) is 0 Å². The molecule has 140 valence electrons. The van der Waals surface area contributed by atoms with Crippen LogP contribution in [0.5, 0.6) is 5.75 Å². The van der Waals surface area contributed by atoms with Gasteiger partial charge in [0.1, 0.15) is 5.75 Å². The van der Waals surface area contributed by atoms with Gasteiger partial charge in [-0.15, -0.1) is 0 Å². The Balaban J connectivity index is 1.58. The van der Waals surface area contributed by atoms with Crippen molar-refractivity contribution in [2.24, 2.45) is 0 Å². The van der Waals surface area contributed by atoms with Gasteiger partial charge in [0.15, 0.2) is 0 Å². The second-order valence-corrected chi connectivity index (χ2v) is 6.71. The molecule has 6 heteroatoms. The van der Waals surface area contributed by atoms with Crippen molar-refractivity contribution in [1.82, 2.24) is 5.06 Å². The number of ether oxygens (including phenoxy) is 1. The average Bonchev–Trinajstić information content (AvgIpc) is 2.87. The first-order valence-corrected chi connectivity index (χ1v) is 8.80. The van der Waals surface area contributed by atoms with Gasteiger partial charge in [0.25, 0.3) is 11.8 Å². The molecule has 0 atom stereocenters. The first kappa shape index (κ1) is 18.6. The van der Waals surface area contributed by atoms with Gasteiger partial charge in [-0.05, 0) is 42.2 Å². The number of fused-ring (bicyclic) bond motifs is 1. The van der Waals surface area contributed by atoms with Gasteiger partial charge in [-0.2, -0.15) is 0 Å². The number of imide groups is 1. The van der Waals surface area contributed by atoms with E-state index in [9.17, 15) is 14.4 Å². The summed E-state index contributed by atoms with van der Waals surface area (Å²) in [6.07, 6.45) is -0.0844. The molecule has 1 aliphatic rings. The maximum atomic E-state index is 12.2. The summed E-state index contributed by atoms with van der Waals surface area (Å²) in [5.74, 6) is -0.969. The van der Waals surface area contributed by atoms with E-state index in [2.05, 4.69) is 13.8 Å². The number of hydrogen-bond acceptors (Lipinski definition) is 5. The molecule has 27 heavy (non-hydrogen) atoms. The monoisotopic (exact) mass is 367 g/mol. The van der Waals surface area contributed by atoms with Crippen LogP contribution in [0.3, 0.4) is 0 Å². The first-order chi connectivity index (χ1) is 12.9. The molecule has 1 heterocycles. The van der Waals surface area contributed by atoms with Crippen molar-refractivity contribution >= 4 is 17.8 Å². The molecular weight excluding hydrogens is 346 g/mol. The zero-order valence-corrected chi connectivity index (χ0v) is 15.5. The largest absolute Gasteiger partial charge is 0.493 e. The molecule has 0 radical (unpaired) electrons. The van der Waals surface area contributed by atoms with Gasteiger partial charge >= 0.3 is 5.97 Å². The molecule has 2 aromatic carbocycles. The van der Waals surface area contributed by atoms with Crippen LogP contribution in [0.1, 0.15) is 58.0 Å². The lowest BCUT2D eigenvalue weighted by Crippen LogP contribution is -2.33. The summed E-state index contributed by atoms with van der Waals surface area (Å²) in [5, 5.41) is 0.513. The smallest absolute Gasteiger partial charge is 0.336 e. The fraction of sp³-hybridized carbons (Fsp3) is 0.286. The lowest BCUT2D eigenvalue weighted by molar-refractivity contribution is -0.169. The summed E-state index contributed by atoms with van der Waals surface area (Å²) in [6.45, 7) is 6.18. The Kier molecular flexibility index (Phi) is 5.26. The molecule has 0 saturated heterocycles. The second kappa shape index (κ2) is 7.61. The van der Waals surface area contributed by atoms with Crippen molar-refractivity contribution < 1.29 is 24.0 Å². The van der Waals surface area contributed by atoms with Gasteiger partial charge in [-0.1, -0.05) is 43.2 Å². The number of hydrogen-bond donors (Lipinski definition) is 0.